The molecule has 0 aliphatic rings. The van der Waals surface area contributed by atoms with Crippen molar-refractivity contribution in [2.24, 2.45) is 0 Å². The molecule has 0 aliphatic carbocycles. The Labute approximate surface area is 169 Å². The Morgan fingerprint density at radius 3 is 2.07 bits per heavy atom. The fraction of sp³-hybridized carbons (Fsp3) is 0.0870. The fourth-order valence-electron chi connectivity index (χ4n) is 3.18. The summed E-state index contributed by atoms with van der Waals surface area (Å²) in [6.07, 6.45) is -2.48. The van der Waals surface area contributed by atoms with Crippen LogP contribution in [0.25, 0.3) is 33.4 Å². The first kappa shape index (κ1) is 19.3. The summed E-state index contributed by atoms with van der Waals surface area (Å²) in [6, 6.07) is 18.9. The highest BCUT2D eigenvalue weighted by atomic mass is 32.2. The minimum absolute atomic E-state index is 0.245. The topological polar surface area (TPSA) is 30.2 Å². The van der Waals surface area contributed by atoms with Gasteiger partial charge in [-0.05, 0) is 48.2 Å². The molecule has 0 aliphatic heterocycles. The first-order valence-corrected chi connectivity index (χ1v) is 9.99. The van der Waals surface area contributed by atoms with E-state index in [4.69, 9.17) is 4.42 Å². The Morgan fingerprint density at radius 2 is 1.45 bits per heavy atom. The summed E-state index contributed by atoms with van der Waals surface area (Å²) in [5.41, 5.74) is 0.682. The van der Waals surface area contributed by atoms with Crippen molar-refractivity contribution in [2.45, 2.75) is 11.1 Å². The Balaban J connectivity index is 1.98. The Kier molecular flexibility index (Phi) is 4.96. The Bertz CT molecular complexity index is 1220. The third-order valence-electron chi connectivity index (χ3n) is 4.65. The van der Waals surface area contributed by atoms with Crippen molar-refractivity contribution >= 4 is 22.7 Å². The average Bonchev–Trinajstić information content (AvgIpc) is 2.73. The second kappa shape index (κ2) is 7.44. The molecule has 2 nitrogen and oxygen atoms in total. The summed E-state index contributed by atoms with van der Waals surface area (Å²) in [4.78, 5) is 14.3. The van der Waals surface area contributed by atoms with Gasteiger partial charge < -0.3 is 4.42 Å². The molecular formula is C23H15F3O2S. The van der Waals surface area contributed by atoms with E-state index in [1.807, 2.05) is 30.5 Å². The van der Waals surface area contributed by atoms with Gasteiger partial charge in [0.05, 0.1) is 16.5 Å². The molecule has 1 aromatic heterocycles. The Morgan fingerprint density at radius 1 is 0.828 bits per heavy atom. The molecule has 0 unspecified atom stereocenters. The second-order valence-corrected chi connectivity index (χ2v) is 7.31. The van der Waals surface area contributed by atoms with Gasteiger partial charge in [0.25, 0.3) is 0 Å². The first-order chi connectivity index (χ1) is 13.9. The van der Waals surface area contributed by atoms with Crippen molar-refractivity contribution in [3.8, 4) is 22.5 Å². The quantitative estimate of drug-likeness (QED) is 0.344. The maximum Gasteiger partial charge on any atom is 0.416 e. The molecule has 3 aromatic carbocycles. The molecular weight excluding hydrogens is 397 g/mol. The van der Waals surface area contributed by atoms with Gasteiger partial charge in [-0.1, -0.05) is 36.4 Å². The predicted octanol–water partition coefficient (Wildman–Crippen LogP) is 6.87. The van der Waals surface area contributed by atoms with Crippen LogP contribution in [0.1, 0.15) is 5.56 Å². The SMILES string of the molecule is CSc1ccc(-c2oc3ccccc3c(=O)c2-c2ccc(C(F)(F)F)cc2)cc1. The molecule has 4 aromatic rings. The van der Waals surface area contributed by atoms with E-state index in [0.717, 1.165) is 17.0 Å². The third kappa shape index (κ3) is 3.68. The van der Waals surface area contributed by atoms with Crippen molar-refractivity contribution in [1.29, 1.82) is 0 Å². The van der Waals surface area contributed by atoms with E-state index in [1.165, 1.54) is 12.1 Å². The number of halogens is 3. The smallest absolute Gasteiger partial charge is 0.416 e. The number of hydrogen-bond donors (Lipinski definition) is 0. The zero-order chi connectivity index (χ0) is 20.6. The molecule has 0 fully saturated rings. The summed E-state index contributed by atoms with van der Waals surface area (Å²) >= 11 is 1.58. The minimum atomic E-state index is -4.44. The largest absolute Gasteiger partial charge is 0.455 e. The van der Waals surface area contributed by atoms with E-state index in [2.05, 4.69) is 0 Å². The van der Waals surface area contributed by atoms with Gasteiger partial charge in [-0.2, -0.15) is 13.2 Å². The van der Waals surface area contributed by atoms with Gasteiger partial charge in [0.2, 0.25) is 5.43 Å². The van der Waals surface area contributed by atoms with E-state index >= 15 is 0 Å². The molecule has 4 rings (SSSR count). The zero-order valence-corrected chi connectivity index (χ0v) is 16.1. The number of rotatable bonds is 3. The highest BCUT2D eigenvalue weighted by molar-refractivity contribution is 7.98. The van der Waals surface area contributed by atoms with Crippen LogP contribution >= 0.6 is 11.8 Å². The number of benzene rings is 3. The number of alkyl halides is 3. The lowest BCUT2D eigenvalue weighted by Gasteiger charge is -2.12. The van der Waals surface area contributed by atoms with E-state index in [0.29, 0.717) is 27.9 Å². The maximum absolute atomic E-state index is 13.2. The van der Waals surface area contributed by atoms with Crippen molar-refractivity contribution in [3.63, 3.8) is 0 Å². The summed E-state index contributed by atoms with van der Waals surface area (Å²) < 4.78 is 44.9. The second-order valence-electron chi connectivity index (χ2n) is 6.44. The monoisotopic (exact) mass is 412 g/mol. The van der Waals surface area contributed by atoms with Crippen LogP contribution in [0.4, 0.5) is 13.2 Å². The fourth-order valence-corrected chi connectivity index (χ4v) is 3.58. The van der Waals surface area contributed by atoms with Crippen LogP contribution < -0.4 is 5.43 Å². The van der Waals surface area contributed by atoms with Gasteiger partial charge in [0, 0.05) is 10.5 Å². The number of hydrogen-bond acceptors (Lipinski definition) is 3. The van der Waals surface area contributed by atoms with Crippen molar-refractivity contribution in [1.82, 2.24) is 0 Å². The van der Waals surface area contributed by atoms with Crippen LogP contribution in [0.15, 0.2) is 86.9 Å². The van der Waals surface area contributed by atoms with E-state index in [9.17, 15) is 18.0 Å². The normalized spacial score (nSPS) is 11.7. The summed E-state index contributed by atoms with van der Waals surface area (Å²) in [5.74, 6) is 0.334. The molecule has 0 saturated heterocycles. The van der Waals surface area contributed by atoms with Crippen molar-refractivity contribution < 1.29 is 17.6 Å². The zero-order valence-electron chi connectivity index (χ0n) is 15.3. The lowest BCUT2D eigenvalue weighted by Crippen LogP contribution is -2.08. The highest BCUT2D eigenvalue weighted by Gasteiger charge is 2.30. The molecule has 0 bridgehead atoms. The predicted molar refractivity (Wildman–Crippen MR) is 110 cm³/mol. The Hall–Kier alpha value is -2.99. The van der Waals surface area contributed by atoms with Gasteiger partial charge in [-0.15, -0.1) is 11.8 Å². The molecule has 0 spiro atoms. The lowest BCUT2D eigenvalue weighted by molar-refractivity contribution is -0.137. The number of para-hydroxylation sites is 1. The molecule has 146 valence electrons. The molecule has 6 heteroatoms. The molecule has 0 atom stereocenters. The highest BCUT2D eigenvalue weighted by Crippen LogP contribution is 2.35. The molecule has 1 heterocycles. The van der Waals surface area contributed by atoms with Crippen LogP contribution in [0.5, 0.6) is 0 Å². The third-order valence-corrected chi connectivity index (χ3v) is 5.39. The molecule has 0 amide bonds. The van der Waals surface area contributed by atoms with Gasteiger partial charge in [-0.25, -0.2) is 0 Å². The van der Waals surface area contributed by atoms with E-state index in [1.54, 1.807) is 36.0 Å². The van der Waals surface area contributed by atoms with Crippen molar-refractivity contribution in [2.75, 3.05) is 6.26 Å². The maximum atomic E-state index is 13.2. The first-order valence-electron chi connectivity index (χ1n) is 8.76. The lowest BCUT2D eigenvalue weighted by atomic mass is 9.97. The molecule has 29 heavy (non-hydrogen) atoms. The van der Waals surface area contributed by atoms with E-state index < -0.39 is 11.7 Å². The van der Waals surface area contributed by atoms with Crippen LogP contribution in [-0.2, 0) is 6.18 Å². The molecule has 0 N–H and O–H groups in total. The standard InChI is InChI=1S/C23H15F3O2S/c1-29-17-12-8-15(9-13-17)22-20(14-6-10-16(11-7-14)23(24,25)26)21(27)18-4-2-3-5-19(18)28-22/h2-13H,1H3. The van der Waals surface area contributed by atoms with E-state index in [-0.39, 0.29) is 11.0 Å². The van der Waals surface area contributed by atoms with Crippen LogP contribution in [0.2, 0.25) is 0 Å². The van der Waals surface area contributed by atoms with Crippen LogP contribution in [0.3, 0.4) is 0 Å². The summed E-state index contributed by atoms with van der Waals surface area (Å²) in [6.45, 7) is 0. The van der Waals surface area contributed by atoms with Crippen LogP contribution in [0, 0.1) is 0 Å². The van der Waals surface area contributed by atoms with Gasteiger partial charge in [0.1, 0.15) is 11.3 Å². The summed E-state index contributed by atoms with van der Waals surface area (Å²) in [5, 5.41) is 0.381. The molecule has 0 radical (unpaired) electrons. The average molecular weight is 412 g/mol. The number of thioether (sulfide) groups is 1. The molecule has 0 saturated carbocycles. The van der Waals surface area contributed by atoms with Crippen LogP contribution in [-0.4, -0.2) is 6.26 Å². The van der Waals surface area contributed by atoms with Gasteiger partial charge in [0.15, 0.2) is 0 Å². The van der Waals surface area contributed by atoms with Crippen molar-refractivity contribution in [3.05, 3.63) is 88.6 Å². The summed E-state index contributed by atoms with van der Waals surface area (Å²) in [7, 11) is 0. The van der Waals surface area contributed by atoms with Gasteiger partial charge in [-0.3, -0.25) is 4.79 Å². The minimum Gasteiger partial charge on any atom is -0.455 e. The van der Waals surface area contributed by atoms with Gasteiger partial charge >= 0.3 is 6.18 Å². The number of fused-ring (bicyclic) bond motifs is 1.